The Morgan fingerprint density at radius 2 is 2.12 bits per heavy atom. The fourth-order valence-corrected chi connectivity index (χ4v) is 3.72. The number of pyridine rings is 1. The van der Waals surface area contributed by atoms with Crippen LogP contribution in [-0.2, 0) is 0 Å². The zero-order valence-corrected chi connectivity index (χ0v) is 16.5. The highest BCUT2D eigenvalue weighted by Crippen LogP contribution is 2.29. The number of hydrogen-bond donors (Lipinski definition) is 1. The maximum Gasteiger partial charge on any atom is 0.259 e. The Bertz CT molecular complexity index is 884. The third-order valence-corrected chi connectivity index (χ3v) is 5.32. The second kappa shape index (κ2) is 7.99. The van der Waals surface area contributed by atoms with Crippen LogP contribution in [0.3, 0.4) is 0 Å². The molecule has 3 rings (SSSR count). The lowest BCUT2D eigenvalue weighted by Crippen LogP contribution is -2.32. The number of aromatic nitrogens is 2. The van der Waals surface area contributed by atoms with Gasteiger partial charge in [0, 0.05) is 6.04 Å². The normalized spacial score (nSPS) is 12.7. The number of nitrogens with one attached hydrogen (secondary N) is 1. The van der Waals surface area contributed by atoms with Crippen LogP contribution in [0.1, 0.15) is 56.1 Å². The molecule has 6 heteroatoms. The highest BCUT2D eigenvalue weighted by Gasteiger charge is 2.20. The van der Waals surface area contributed by atoms with Crippen molar-refractivity contribution in [3.63, 3.8) is 0 Å². The molecule has 0 aromatic carbocycles. The summed E-state index contributed by atoms with van der Waals surface area (Å²) in [6.07, 6.45) is 3.25. The first-order chi connectivity index (χ1) is 12.5. The Kier molecular flexibility index (Phi) is 5.71. The third kappa shape index (κ3) is 4.12. The second-order valence-corrected chi connectivity index (χ2v) is 8.13. The van der Waals surface area contributed by atoms with E-state index >= 15 is 0 Å². The number of fused-ring (bicyclic) bond motifs is 1. The molecule has 3 heterocycles. The van der Waals surface area contributed by atoms with Crippen LogP contribution in [0, 0.1) is 12.8 Å². The van der Waals surface area contributed by atoms with E-state index in [2.05, 4.69) is 36.2 Å². The fourth-order valence-electron chi connectivity index (χ4n) is 3.03. The second-order valence-electron chi connectivity index (χ2n) is 7.18. The van der Waals surface area contributed by atoms with E-state index in [9.17, 15) is 4.79 Å². The Labute approximate surface area is 157 Å². The molecule has 5 nitrogen and oxygen atoms in total. The van der Waals surface area contributed by atoms with Gasteiger partial charge in [-0.25, -0.2) is 4.98 Å². The molecule has 138 valence electrons. The summed E-state index contributed by atoms with van der Waals surface area (Å²) in [6, 6.07) is 5.91. The number of thiophene rings is 1. The first kappa shape index (κ1) is 18.6. The van der Waals surface area contributed by atoms with Gasteiger partial charge in [0.05, 0.1) is 27.2 Å². The van der Waals surface area contributed by atoms with Crippen LogP contribution in [0.5, 0.6) is 0 Å². The summed E-state index contributed by atoms with van der Waals surface area (Å²) in [5, 5.41) is 9.80. The highest BCUT2D eigenvalue weighted by molar-refractivity contribution is 7.13. The molecule has 0 radical (unpaired) electrons. The van der Waals surface area contributed by atoms with E-state index in [-0.39, 0.29) is 11.9 Å². The average molecular weight is 372 g/mol. The quantitative estimate of drug-likeness (QED) is 0.619. The molecule has 0 aliphatic carbocycles. The predicted molar refractivity (Wildman–Crippen MR) is 105 cm³/mol. The zero-order chi connectivity index (χ0) is 18.7. The van der Waals surface area contributed by atoms with Crippen LogP contribution in [0.4, 0.5) is 0 Å². The molecule has 3 aromatic rings. The van der Waals surface area contributed by atoms with Crippen LogP contribution in [0.2, 0.25) is 0 Å². The van der Waals surface area contributed by atoms with Crippen molar-refractivity contribution in [3.8, 4) is 10.6 Å². The molecule has 0 aliphatic rings. The number of rotatable bonds is 7. The monoisotopic (exact) mass is 371 g/mol. The first-order valence-electron chi connectivity index (χ1n) is 9.07. The van der Waals surface area contributed by atoms with E-state index in [1.54, 1.807) is 11.3 Å². The van der Waals surface area contributed by atoms with Gasteiger partial charge in [0.25, 0.3) is 11.6 Å². The van der Waals surface area contributed by atoms with Crippen molar-refractivity contribution in [2.45, 2.75) is 53.0 Å². The van der Waals surface area contributed by atoms with Gasteiger partial charge in [0.1, 0.15) is 0 Å². The summed E-state index contributed by atoms with van der Waals surface area (Å²) in [7, 11) is 0. The van der Waals surface area contributed by atoms with Crippen molar-refractivity contribution in [1.29, 1.82) is 0 Å². The number of carbonyl (C=O) groups is 1. The van der Waals surface area contributed by atoms with Gasteiger partial charge < -0.3 is 9.84 Å². The molecule has 0 fully saturated rings. The molecule has 0 saturated carbocycles. The predicted octanol–water partition coefficient (Wildman–Crippen LogP) is 5.20. The van der Waals surface area contributed by atoms with E-state index in [1.165, 1.54) is 6.42 Å². The molecular weight excluding hydrogens is 346 g/mol. The topological polar surface area (TPSA) is 68.0 Å². The Morgan fingerprint density at radius 1 is 1.31 bits per heavy atom. The molecule has 0 unspecified atom stereocenters. The molecule has 0 spiro atoms. The number of amides is 1. The number of carbonyl (C=O) groups excluding carboxylic acids is 1. The molecule has 1 amide bonds. The van der Waals surface area contributed by atoms with E-state index in [0.29, 0.717) is 28.3 Å². The molecule has 26 heavy (non-hydrogen) atoms. The van der Waals surface area contributed by atoms with E-state index in [0.717, 1.165) is 23.4 Å². The van der Waals surface area contributed by atoms with Gasteiger partial charge in [-0.3, -0.25) is 4.79 Å². The lowest BCUT2D eigenvalue weighted by molar-refractivity contribution is 0.0939. The van der Waals surface area contributed by atoms with E-state index in [4.69, 9.17) is 4.52 Å². The van der Waals surface area contributed by atoms with Crippen LogP contribution < -0.4 is 5.32 Å². The summed E-state index contributed by atoms with van der Waals surface area (Å²) in [6.45, 7) is 8.33. The first-order valence-corrected chi connectivity index (χ1v) is 9.95. The maximum atomic E-state index is 12.9. The number of aryl methyl sites for hydroxylation is 1. The van der Waals surface area contributed by atoms with Gasteiger partial charge in [0.15, 0.2) is 0 Å². The van der Waals surface area contributed by atoms with Gasteiger partial charge in [-0.05, 0) is 43.7 Å². The highest BCUT2D eigenvalue weighted by atomic mass is 32.1. The van der Waals surface area contributed by atoms with Crippen molar-refractivity contribution >= 4 is 28.3 Å². The number of hydrogen-bond acceptors (Lipinski definition) is 5. The van der Waals surface area contributed by atoms with Crippen molar-refractivity contribution < 1.29 is 9.32 Å². The smallest absolute Gasteiger partial charge is 0.259 e. The van der Waals surface area contributed by atoms with Gasteiger partial charge >= 0.3 is 0 Å². The SMILES string of the molecule is Cc1noc2nc(-c3cccs3)cc(C(=O)N[C@H](C)CCCC(C)C)c12. The minimum absolute atomic E-state index is 0.0986. The van der Waals surface area contributed by atoms with Gasteiger partial charge in [-0.1, -0.05) is 37.9 Å². The fraction of sp³-hybridized carbons (Fsp3) is 0.450. The average Bonchev–Trinajstić information content (AvgIpc) is 3.24. The summed E-state index contributed by atoms with van der Waals surface area (Å²) in [4.78, 5) is 18.5. The van der Waals surface area contributed by atoms with Crippen molar-refractivity contribution in [1.82, 2.24) is 15.5 Å². The van der Waals surface area contributed by atoms with Crippen LogP contribution in [0.15, 0.2) is 28.1 Å². The minimum atomic E-state index is -0.0986. The standard InChI is InChI=1S/C20H25N3O2S/c1-12(2)7-5-8-13(3)21-19(24)15-11-16(17-9-6-10-26-17)22-20-18(15)14(4)23-25-20/h6,9-13H,5,7-8H2,1-4H3,(H,21,24)/t13-/m1/s1. The summed E-state index contributed by atoms with van der Waals surface area (Å²) in [5.41, 5.74) is 2.41. The molecular formula is C20H25N3O2S. The lowest BCUT2D eigenvalue weighted by atomic mass is 10.0. The summed E-state index contributed by atoms with van der Waals surface area (Å²) < 4.78 is 5.34. The third-order valence-electron chi connectivity index (χ3n) is 4.43. The number of nitrogens with zero attached hydrogens (tertiary/aromatic N) is 2. The zero-order valence-electron chi connectivity index (χ0n) is 15.7. The van der Waals surface area contributed by atoms with Gasteiger partial charge in [0.2, 0.25) is 0 Å². The maximum absolute atomic E-state index is 12.9. The Balaban J connectivity index is 1.85. The molecule has 0 saturated heterocycles. The van der Waals surface area contributed by atoms with Crippen molar-refractivity contribution in [2.24, 2.45) is 5.92 Å². The molecule has 3 aromatic heterocycles. The van der Waals surface area contributed by atoms with E-state index < -0.39 is 0 Å². The molecule has 1 N–H and O–H groups in total. The lowest BCUT2D eigenvalue weighted by Gasteiger charge is -2.15. The summed E-state index contributed by atoms with van der Waals surface area (Å²) in [5.74, 6) is 0.587. The minimum Gasteiger partial charge on any atom is -0.350 e. The Morgan fingerprint density at radius 3 is 2.81 bits per heavy atom. The van der Waals surface area contributed by atoms with E-state index in [1.807, 2.05) is 30.5 Å². The largest absolute Gasteiger partial charge is 0.350 e. The Hall–Kier alpha value is -2.21. The van der Waals surface area contributed by atoms with Gasteiger partial charge in [-0.2, -0.15) is 0 Å². The molecule has 0 bridgehead atoms. The van der Waals surface area contributed by atoms with Crippen LogP contribution in [0.25, 0.3) is 21.7 Å². The van der Waals surface area contributed by atoms with Crippen LogP contribution >= 0.6 is 11.3 Å². The van der Waals surface area contributed by atoms with Crippen molar-refractivity contribution in [3.05, 3.63) is 34.8 Å². The van der Waals surface area contributed by atoms with Gasteiger partial charge in [-0.15, -0.1) is 11.3 Å². The van der Waals surface area contributed by atoms with Crippen LogP contribution in [-0.4, -0.2) is 22.1 Å². The van der Waals surface area contributed by atoms with Crippen molar-refractivity contribution in [2.75, 3.05) is 0 Å². The molecule has 1 atom stereocenters. The summed E-state index contributed by atoms with van der Waals surface area (Å²) >= 11 is 1.58. The molecule has 0 aliphatic heterocycles.